The van der Waals surface area contributed by atoms with E-state index in [9.17, 15) is 10.5 Å². The normalized spacial score (nSPS) is 10.5. The number of nitrogen functional groups attached to an aromatic ring is 1. The lowest BCUT2D eigenvalue weighted by molar-refractivity contribution is 0.0534. The standard InChI is InChI=1S/C24H28ClN3O6S/c1-29-7-9-31-11-13-33-22-17(15-26)18(16-27)23(34-14-12-32-10-8-30-2)24(21(22)25)35-20-6-4-3-5-19(20)28/h3-6H,7-14,28H2,1-2H3. The summed E-state index contributed by atoms with van der Waals surface area (Å²) in [5.41, 5.74) is 6.65. The van der Waals surface area contributed by atoms with E-state index in [4.69, 9.17) is 45.8 Å². The van der Waals surface area contributed by atoms with Crippen LogP contribution in [0.4, 0.5) is 5.69 Å². The van der Waals surface area contributed by atoms with Crippen molar-refractivity contribution >= 4 is 29.1 Å². The molecule has 0 spiro atoms. The number of nitrogens with zero attached hydrogens (tertiary/aromatic N) is 2. The molecule has 11 heteroatoms. The first kappa shape index (κ1) is 28.5. The second-order valence-corrected chi connectivity index (χ2v) is 8.25. The van der Waals surface area contributed by atoms with Crippen molar-refractivity contribution in [3.63, 3.8) is 0 Å². The molecule has 0 atom stereocenters. The molecule has 2 N–H and O–H groups in total. The molecule has 0 bridgehead atoms. The fraction of sp³-hybridized carbons (Fsp3) is 0.417. The minimum atomic E-state index is -0.0184. The molecule has 0 unspecified atom stereocenters. The lowest BCUT2D eigenvalue weighted by Crippen LogP contribution is -2.13. The van der Waals surface area contributed by atoms with Crippen molar-refractivity contribution in [1.29, 1.82) is 10.5 Å². The largest absolute Gasteiger partial charge is 0.488 e. The maximum absolute atomic E-state index is 9.93. The number of benzene rings is 2. The van der Waals surface area contributed by atoms with Crippen molar-refractivity contribution < 1.29 is 28.4 Å². The second-order valence-electron chi connectivity index (χ2n) is 6.82. The highest BCUT2D eigenvalue weighted by molar-refractivity contribution is 7.99. The van der Waals surface area contributed by atoms with Crippen molar-refractivity contribution in [2.45, 2.75) is 9.79 Å². The van der Waals surface area contributed by atoms with E-state index in [1.165, 1.54) is 11.8 Å². The molecule has 0 saturated carbocycles. The van der Waals surface area contributed by atoms with Crippen LogP contribution in [-0.2, 0) is 18.9 Å². The Bertz CT molecular complexity index is 1040. The van der Waals surface area contributed by atoms with Crippen molar-refractivity contribution in [1.82, 2.24) is 0 Å². The summed E-state index contributed by atoms with van der Waals surface area (Å²) in [4.78, 5) is 1.12. The van der Waals surface area contributed by atoms with Gasteiger partial charge in [0.1, 0.15) is 41.5 Å². The van der Waals surface area contributed by atoms with Gasteiger partial charge in [0, 0.05) is 24.8 Å². The highest BCUT2D eigenvalue weighted by Crippen LogP contribution is 2.49. The fourth-order valence-corrected chi connectivity index (χ4v) is 4.15. The van der Waals surface area contributed by atoms with Gasteiger partial charge in [0.05, 0.1) is 44.5 Å². The molecule has 0 aromatic heterocycles. The van der Waals surface area contributed by atoms with Gasteiger partial charge in [0.2, 0.25) is 0 Å². The summed E-state index contributed by atoms with van der Waals surface area (Å²) in [5, 5.41) is 19.9. The highest BCUT2D eigenvalue weighted by Gasteiger charge is 2.27. The van der Waals surface area contributed by atoms with Gasteiger partial charge in [-0.3, -0.25) is 0 Å². The molecule has 9 nitrogen and oxygen atoms in total. The van der Waals surface area contributed by atoms with E-state index in [1.807, 2.05) is 24.3 Å². The van der Waals surface area contributed by atoms with Gasteiger partial charge in [-0.1, -0.05) is 35.5 Å². The molecule has 2 aromatic rings. The molecule has 2 rings (SSSR count). The predicted molar refractivity (Wildman–Crippen MR) is 132 cm³/mol. The summed E-state index contributed by atoms with van der Waals surface area (Å²) in [7, 11) is 3.16. The van der Waals surface area contributed by atoms with Gasteiger partial charge < -0.3 is 34.2 Å². The van der Waals surface area contributed by atoms with Gasteiger partial charge in [-0.15, -0.1) is 0 Å². The van der Waals surface area contributed by atoms with Gasteiger partial charge in [0.25, 0.3) is 0 Å². The van der Waals surface area contributed by atoms with Crippen molar-refractivity contribution in [2.75, 3.05) is 72.8 Å². The zero-order valence-electron chi connectivity index (χ0n) is 19.7. The average Bonchev–Trinajstić information content (AvgIpc) is 2.87. The van der Waals surface area contributed by atoms with Crippen LogP contribution >= 0.6 is 23.4 Å². The summed E-state index contributed by atoms with van der Waals surface area (Å²) in [6, 6.07) is 11.3. The van der Waals surface area contributed by atoms with Crippen LogP contribution in [-0.4, -0.2) is 67.1 Å². The second kappa shape index (κ2) is 16.1. The summed E-state index contributed by atoms with van der Waals surface area (Å²) in [6.45, 7) is 2.44. The summed E-state index contributed by atoms with van der Waals surface area (Å²) < 4.78 is 32.5. The molecule has 35 heavy (non-hydrogen) atoms. The molecule has 0 radical (unpaired) electrons. The Kier molecular flexibility index (Phi) is 13.1. The Labute approximate surface area is 214 Å². The minimum absolute atomic E-state index is 0.0149. The third-order valence-corrected chi connectivity index (χ3v) is 6.13. The maximum Gasteiger partial charge on any atom is 0.158 e. The molecular formula is C24H28ClN3O6S. The van der Waals surface area contributed by atoms with Crippen molar-refractivity contribution in [2.24, 2.45) is 0 Å². The number of ether oxygens (including phenoxy) is 6. The third-order valence-electron chi connectivity index (χ3n) is 4.48. The average molecular weight is 522 g/mol. The first-order chi connectivity index (χ1) is 17.1. The molecule has 0 saturated heterocycles. The van der Waals surface area contributed by atoms with Crippen LogP contribution in [0.5, 0.6) is 11.5 Å². The van der Waals surface area contributed by atoms with E-state index < -0.39 is 0 Å². The van der Waals surface area contributed by atoms with Crippen LogP contribution in [0.3, 0.4) is 0 Å². The molecular weight excluding hydrogens is 494 g/mol. The number of hydrogen-bond donors (Lipinski definition) is 1. The van der Waals surface area contributed by atoms with Crippen LogP contribution in [0.2, 0.25) is 5.02 Å². The number of halogens is 1. The number of hydrogen-bond acceptors (Lipinski definition) is 10. The molecule has 0 fully saturated rings. The van der Waals surface area contributed by atoms with Gasteiger partial charge in [0.15, 0.2) is 11.5 Å². The zero-order chi connectivity index (χ0) is 25.5. The number of methoxy groups -OCH3 is 2. The highest BCUT2D eigenvalue weighted by atomic mass is 35.5. The number of nitriles is 2. The zero-order valence-corrected chi connectivity index (χ0v) is 21.2. The van der Waals surface area contributed by atoms with E-state index in [-0.39, 0.29) is 54.1 Å². The van der Waals surface area contributed by atoms with Gasteiger partial charge >= 0.3 is 0 Å². The van der Waals surface area contributed by atoms with Crippen LogP contribution in [0.1, 0.15) is 11.1 Å². The minimum Gasteiger partial charge on any atom is -0.488 e. The van der Waals surface area contributed by atoms with Gasteiger partial charge in [-0.05, 0) is 12.1 Å². The topological polar surface area (TPSA) is 129 Å². The molecule has 0 aliphatic carbocycles. The summed E-state index contributed by atoms with van der Waals surface area (Å²) >= 11 is 7.96. The van der Waals surface area contributed by atoms with E-state index in [2.05, 4.69) is 6.07 Å². The lowest BCUT2D eigenvalue weighted by atomic mass is 10.1. The first-order valence-corrected chi connectivity index (χ1v) is 11.9. The van der Waals surface area contributed by atoms with E-state index in [0.29, 0.717) is 41.9 Å². The van der Waals surface area contributed by atoms with Gasteiger partial charge in [-0.25, -0.2) is 0 Å². The summed E-state index contributed by atoms with van der Waals surface area (Å²) in [6.07, 6.45) is 0. The fourth-order valence-electron chi connectivity index (χ4n) is 2.81. The SMILES string of the molecule is COCCOCCOc1c(Cl)c(Sc2ccccc2N)c(OCCOCCOC)c(C#N)c1C#N. The van der Waals surface area contributed by atoms with Crippen LogP contribution in [0, 0.1) is 22.7 Å². The maximum atomic E-state index is 9.93. The molecule has 0 aliphatic rings. The van der Waals surface area contributed by atoms with Crippen molar-refractivity contribution in [3.05, 3.63) is 40.4 Å². The Morgan fingerprint density at radius 3 is 1.86 bits per heavy atom. The third kappa shape index (κ3) is 8.48. The molecule has 0 amide bonds. The Balaban J connectivity index is 2.40. The molecule has 188 valence electrons. The van der Waals surface area contributed by atoms with Crippen LogP contribution in [0.25, 0.3) is 0 Å². The summed E-state index contributed by atoms with van der Waals surface area (Å²) in [5.74, 6) is 0.253. The van der Waals surface area contributed by atoms with Gasteiger partial charge in [-0.2, -0.15) is 10.5 Å². The quantitative estimate of drug-likeness (QED) is 0.256. The van der Waals surface area contributed by atoms with E-state index >= 15 is 0 Å². The Hall–Kier alpha value is -2.70. The number of anilines is 1. The number of nitrogens with two attached hydrogens (primary N) is 1. The Morgan fingerprint density at radius 1 is 0.800 bits per heavy atom. The monoisotopic (exact) mass is 521 g/mol. The van der Waals surface area contributed by atoms with E-state index in [0.717, 1.165) is 0 Å². The smallest absolute Gasteiger partial charge is 0.158 e. The molecule has 0 heterocycles. The van der Waals surface area contributed by atoms with Crippen LogP contribution in [0.15, 0.2) is 34.1 Å². The predicted octanol–water partition coefficient (Wildman–Crippen LogP) is 3.90. The number of rotatable bonds is 16. The lowest BCUT2D eigenvalue weighted by Gasteiger charge is -2.19. The Morgan fingerprint density at radius 2 is 1.31 bits per heavy atom. The molecule has 2 aromatic carbocycles. The van der Waals surface area contributed by atoms with Crippen LogP contribution < -0.4 is 15.2 Å². The van der Waals surface area contributed by atoms with Crippen molar-refractivity contribution in [3.8, 4) is 23.6 Å². The first-order valence-electron chi connectivity index (χ1n) is 10.7. The van der Waals surface area contributed by atoms with E-state index in [1.54, 1.807) is 20.3 Å². The number of para-hydroxylation sites is 1. The molecule has 0 aliphatic heterocycles.